The van der Waals surface area contributed by atoms with Crippen LogP contribution in [0.2, 0.25) is 0 Å². The minimum absolute atomic E-state index is 0.106. The fourth-order valence-corrected chi connectivity index (χ4v) is 2.30. The number of nitrogens with one attached hydrogen (secondary N) is 1. The average molecular weight is 342 g/mol. The second-order valence-corrected chi connectivity index (χ2v) is 5.18. The molecule has 6 heteroatoms. The first-order valence-corrected chi connectivity index (χ1v) is 6.88. The molecule has 0 heterocycles. The molecule has 0 aromatic heterocycles. The topological polar surface area (TPSA) is 12.0 Å². The summed E-state index contributed by atoms with van der Waals surface area (Å²) in [5.41, 5.74) is 0.526. The summed E-state index contributed by atoms with van der Waals surface area (Å²) in [5.74, 6) is -0.450. The van der Waals surface area contributed by atoms with Gasteiger partial charge >= 0.3 is 6.18 Å². The van der Waals surface area contributed by atoms with Crippen LogP contribution >= 0.6 is 15.9 Å². The largest absolute Gasteiger partial charge is 0.389 e. The van der Waals surface area contributed by atoms with Gasteiger partial charge in [-0.1, -0.05) is 22.9 Å². The van der Waals surface area contributed by atoms with E-state index in [1.165, 1.54) is 18.2 Å². The van der Waals surface area contributed by atoms with Crippen LogP contribution in [-0.4, -0.2) is 12.7 Å². The fraction of sp³-hybridized carbons (Fsp3) is 0.538. The predicted molar refractivity (Wildman–Crippen MR) is 70.4 cm³/mol. The van der Waals surface area contributed by atoms with Crippen molar-refractivity contribution in [1.29, 1.82) is 0 Å². The Bertz CT molecular complexity index is 406. The summed E-state index contributed by atoms with van der Waals surface area (Å²) in [5, 5.41) is 3.03. The molecule has 0 radical (unpaired) electrons. The van der Waals surface area contributed by atoms with E-state index in [0.717, 1.165) is 6.42 Å². The normalized spacial score (nSPS) is 13.6. The maximum Gasteiger partial charge on any atom is 0.389 e. The molecule has 1 rings (SSSR count). The van der Waals surface area contributed by atoms with Crippen LogP contribution in [0, 0.1) is 5.82 Å². The van der Waals surface area contributed by atoms with Gasteiger partial charge in [0.05, 0.1) is 0 Å². The molecule has 0 amide bonds. The second kappa shape index (κ2) is 7.24. The first-order chi connectivity index (χ1) is 8.83. The van der Waals surface area contributed by atoms with E-state index in [1.54, 1.807) is 0 Å². The third-order valence-corrected chi connectivity index (χ3v) is 3.41. The lowest BCUT2D eigenvalue weighted by Gasteiger charge is -2.21. The predicted octanol–water partition coefficient (Wildman–Crippen LogP) is 4.97. The summed E-state index contributed by atoms with van der Waals surface area (Å²) in [4.78, 5) is 0. The van der Waals surface area contributed by atoms with Crippen LogP contribution in [0.1, 0.15) is 37.8 Å². The highest BCUT2D eigenvalue weighted by Crippen LogP contribution is 2.31. The molecule has 1 nitrogen and oxygen atoms in total. The molecule has 0 aliphatic heterocycles. The Morgan fingerprint density at radius 3 is 2.58 bits per heavy atom. The fourth-order valence-electron chi connectivity index (χ4n) is 1.78. The SMILES string of the molecule is CCCNC(CCC(F)(F)F)c1cc(F)ccc1Br. The van der Waals surface area contributed by atoms with E-state index in [1.807, 2.05) is 6.92 Å². The third kappa shape index (κ3) is 5.91. The Labute approximate surface area is 118 Å². The number of benzene rings is 1. The Hall–Kier alpha value is -0.620. The zero-order valence-corrected chi connectivity index (χ0v) is 12.1. The molecule has 0 aliphatic rings. The zero-order valence-electron chi connectivity index (χ0n) is 10.5. The molecule has 1 aromatic carbocycles. The van der Waals surface area contributed by atoms with Gasteiger partial charge < -0.3 is 5.32 Å². The molecule has 1 atom stereocenters. The number of alkyl halides is 3. The molecular formula is C13H16BrF4N. The van der Waals surface area contributed by atoms with Gasteiger partial charge in [-0.25, -0.2) is 4.39 Å². The highest BCUT2D eigenvalue weighted by Gasteiger charge is 2.29. The van der Waals surface area contributed by atoms with Crippen molar-refractivity contribution in [3.05, 3.63) is 34.1 Å². The van der Waals surface area contributed by atoms with Gasteiger partial charge in [0, 0.05) is 16.9 Å². The van der Waals surface area contributed by atoms with E-state index >= 15 is 0 Å². The number of hydrogen-bond acceptors (Lipinski definition) is 1. The van der Waals surface area contributed by atoms with Gasteiger partial charge in [0.1, 0.15) is 5.82 Å². The molecule has 108 valence electrons. The van der Waals surface area contributed by atoms with Gasteiger partial charge in [-0.3, -0.25) is 0 Å². The van der Waals surface area contributed by atoms with Gasteiger partial charge in [0.25, 0.3) is 0 Å². The van der Waals surface area contributed by atoms with Crippen molar-refractivity contribution in [3.63, 3.8) is 0 Å². The molecule has 0 saturated heterocycles. The first-order valence-electron chi connectivity index (χ1n) is 6.08. The van der Waals surface area contributed by atoms with Crippen molar-refractivity contribution < 1.29 is 17.6 Å². The molecule has 1 unspecified atom stereocenters. The third-order valence-electron chi connectivity index (χ3n) is 2.69. The lowest BCUT2D eigenvalue weighted by atomic mass is 10.0. The van der Waals surface area contributed by atoms with E-state index < -0.39 is 24.5 Å². The van der Waals surface area contributed by atoms with Crippen LogP contribution in [0.25, 0.3) is 0 Å². The Morgan fingerprint density at radius 2 is 2.00 bits per heavy atom. The van der Waals surface area contributed by atoms with E-state index in [-0.39, 0.29) is 6.42 Å². The first kappa shape index (κ1) is 16.4. The summed E-state index contributed by atoms with van der Waals surface area (Å²) in [6.45, 7) is 2.51. The second-order valence-electron chi connectivity index (χ2n) is 4.33. The van der Waals surface area contributed by atoms with E-state index in [4.69, 9.17) is 0 Å². The standard InChI is InChI=1S/C13H16BrF4N/c1-2-7-19-12(5-6-13(16,17)18)10-8-9(15)3-4-11(10)14/h3-4,8,12,19H,2,5-7H2,1H3. The Morgan fingerprint density at radius 1 is 1.32 bits per heavy atom. The molecule has 0 bridgehead atoms. The number of hydrogen-bond donors (Lipinski definition) is 1. The van der Waals surface area contributed by atoms with E-state index in [0.29, 0.717) is 16.6 Å². The van der Waals surface area contributed by atoms with Crippen LogP contribution in [0.4, 0.5) is 17.6 Å². The summed E-state index contributed by atoms with van der Waals surface area (Å²) in [6.07, 6.45) is -4.40. The van der Waals surface area contributed by atoms with Crippen molar-refractivity contribution in [2.75, 3.05) is 6.54 Å². The van der Waals surface area contributed by atoms with Crippen molar-refractivity contribution in [1.82, 2.24) is 5.32 Å². The van der Waals surface area contributed by atoms with Gasteiger partial charge in [0.2, 0.25) is 0 Å². The molecule has 0 saturated carbocycles. The van der Waals surface area contributed by atoms with Crippen molar-refractivity contribution in [2.24, 2.45) is 0 Å². The van der Waals surface area contributed by atoms with Gasteiger partial charge in [0.15, 0.2) is 0 Å². The average Bonchev–Trinajstić information content (AvgIpc) is 2.32. The summed E-state index contributed by atoms with van der Waals surface area (Å²) < 4.78 is 50.8. The molecular weight excluding hydrogens is 326 g/mol. The monoisotopic (exact) mass is 341 g/mol. The van der Waals surface area contributed by atoms with Crippen LogP contribution in [0.5, 0.6) is 0 Å². The minimum atomic E-state index is -4.20. The molecule has 19 heavy (non-hydrogen) atoms. The quantitative estimate of drug-likeness (QED) is 0.720. The molecule has 0 aliphatic carbocycles. The summed E-state index contributed by atoms with van der Waals surface area (Å²) >= 11 is 3.26. The smallest absolute Gasteiger partial charge is 0.310 e. The Kier molecular flexibility index (Phi) is 6.26. The molecule has 0 fully saturated rings. The lowest BCUT2D eigenvalue weighted by molar-refractivity contribution is -0.136. The molecule has 0 spiro atoms. The van der Waals surface area contributed by atoms with Crippen LogP contribution in [0.15, 0.2) is 22.7 Å². The summed E-state index contributed by atoms with van der Waals surface area (Å²) in [7, 11) is 0. The highest BCUT2D eigenvalue weighted by molar-refractivity contribution is 9.10. The van der Waals surface area contributed by atoms with Gasteiger partial charge in [-0.15, -0.1) is 0 Å². The van der Waals surface area contributed by atoms with Crippen molar-refractivity contribution in [3.8, 4) is 0 Å². The van der Waals surface area contributed by atoms with E-state index in [2.05, 4.69) is 21.2 Å². The van der Waals surface area contributed by atoms with E-state index in [9.17, 15) is 17.6 Å². The van der Waals surface area contributed by atoms with Gasteiger partial charge in [-0.2, -0.15) is 13.2 Å². The summed E-state index contributed by atoms with van der Waals surface area (Å²) in [6, 6.07) is 3.55. The zero-order chi connectivity index (χ0) is 14.5. The van der Waals surface area contributed by atoms with Crippen molar-refractivity contribution in [2.45, 2.75) is 38.4 Å². The van der Waals surface area contributed by atoms with Crippen molar-refractivity contribution >= 4 is 15.9 Å². The van der Waals surface area contributed by atoms with Crippen LogP contribution in [0.3, 0.4) is 0 Å². The number of halogens is 5. The van der Waals surface area contributed by atoms with Crippen LogP contribution < -0.4 is 5.32 Å². The maximum absolute atomic E-state index is 13.2. The minimum Gasteiger partial charge on any atom is -0.310 e. The molecule has 1 aromatic rings. The maximum atomic E-state index is 13.2. The number of rotatable bonds is 6. The highest BCUT2D eigenvalue weighted by atomic mass is 79.9. The van der Waals surface area contributed by atoms with Crippen LogP contribution in [-0.2, 0) is 0 Å². The van der Waals surface area contributed by atoms with Gasteiger partial charge in [-0.05, 0) is 43.1 Å². The lowest BCUT2D eigenvalue weighted by Crippen LogP contribution is -2.24. The Balaban J connectivity index is 2.85. The molecule has 1 N–H and O–H groups in total.